The first kappa shape index (κ1) is 11.0. The molecule has 0 aliphatic carbocycles. The Morgan fingerprint density at radius 2 is 2.29 bits per heavy atom. The zero-order chi connectivity index (χ0) is 11.7. The van der Waals surface area contributed by atoms with Crippen molar-refractivity contribution in [3.63, 3.8) is 0 Å². The molecule has 2 aromatic rings. The van der Waals surface area contributed by atoms with Crippen molar-refractivity contribution in [2.45, 2.75) is 6.42 Å². The number of halogens is 1. The van der Waals surface area contributed by atoms with Crippen LogP contribution in [0, 0.1) is 5.92 Å². The van der Waals surface area contributed by atoms with Crippen LogP contribution >= 0.6 is 15.9 Å². The van der Waals surface area contributed by atoms with Crippen LogP contribution in [0.15, 0.2) is 39.4 Å². The van der Waals surface area contributed by atoms with Gasteiger partial charge in [0.1, 0.15) is 5.76 Å². The van der Waals surface area contributed by atoms with Gasteiger partial charge >= 0.3 is 0 Å². The Labute approximate surface area is 108 Å². The molecule has 1 aliphatic heterocycles. The van der Waals surface area contributed by atoms with E-state index in [4.69, 9.17) is 4.42 Å². The van der Waals surface area contributed by atoms with Crippen molar-refractivity contribution < 1.29 is 4.42 Å². The molecule has 3 nitrogen and oxygen atoms in total. The highest BCUT2D eigenvalue weighted by atomic mass is 79.9. The maximum Gasteiger partial charge on any atom is 0.226 e. The molecule has 17 heavy (non-hydrogen) atoms. The van der Waals surface area contributed by atoms with Gasteiger partial charge in [-0.15, -0.1) is 0 Å². The van der Waals surface area contributed by atoms with Gasteiger partial charge in [0.05, 0.1) is 6.20 Å². The Balaban J connectivity index is 1.79. The Bertz CT molecular complexity index is 520. The Hall–Kier alpha value is -1.13. The first-order valence-electron chi connectivity index (χ1n) is 5.72. The summed E-state index contributed by atoms with van der Waals surface area (Å²) in [4.78, 5) is 4.33. The van der Waals surface area contributed by atoms with Gasteiger partial charge in [-0.2, -0.15) is 0 Å². The standard InChI is InChI=1S/C13H13BrN2O/c14-11-3-1-2-10(5-11)13-16-8-12(17-13)4-9-6-15-7-9/h1-3,5,8-9,15H,4,6-7H2. The molecule has 1 aromatic heterocycles. The van der Waals surface area contributed by atoms with E-state index in [0.717, 1.165) is 35.3 Å². The summed E-state index contributed by atoms with van der Waals surface area (Å²) >= 11 is 3.45. The van der Waals surface area contributed by atoms with E-state index in [-0.39, 0.29) is 0 Å². The van der Waals surface area contributed by atoms with E-state index in [0.29, 0.717) is 11.8 Å². The van der Waals surface area contributed by atoms with Gasteiger partial charge in [-0.1, -0.05) is 22.0 Å². The highest BCUT2D eigenvalue weighted by molar-refractivity contribution is 9.10. The molecule has 0 unspecified atom stereocenters. The van der Waals surface area contributed by atoms with Gasteiger partial charge in [-0.25, -0.2) is 4.98 Å². The lowest BCUT2D eigenvalue weighted by molar-refractivity contribution is 0.324. The summed E-state index contributed by atoms with van der Waals surface area (Å²) in [5.74, 6) is 2.39. The fraction of sp³-hybridized carbons (Fsp3) is 0.308. The van der Waals surface area contributed by atoms with Gasteiger partial charge in [0, 0.05) is 16.5 Å². The molecule has 1 N–H and O–H groups in total. The summed E-state index contributed by atoms with van der Waals surface area (Å²) in [6.45, 7) is 2.18. The van der Waals surface area contributed by atoms with Crippen molar-refractivity contribution in [3.8, 4) is 11.5 Å². The van der Waals surface area contributed by atoms with Gasteiger partial charge in [0.15, 0.2) is 0 Å². The first-order chi connectivity index (χ1) is 8.31. The summed E-state index contributed by atoms with van der Waals surface area (Å²) in [6, 6.07) is 8.00. The largest absolute Gasteiger partial charge is 0.441 e. The number of aromatic nitrogens is 1. The molecule has 0 bridgehead atoms. The molecule has 3 rings (SSSR count). The quantitative estimate of drug-likeness (QED) is 0.945. The third kappa shape index (κ3) is 2.42. The van der Waals surface area contributed by atoms with Crippen molar-refractivity contribution in [2.24, 2.45) is 5.92 Å². The van der Waals surface area contributed by atoms with Gasteiger partial charge < -0.3 is 9.73 Å². The minimum atomic E-state index is 0.702. The zero-order valence-electron chi connectivity index (χ0n) is 9.32. The number of oxazole rings is 1. The second-order valence-electron chi connectivity index (χ2n) is 4.37. The molecule has 1 aromatic carbocycles. The molecular formula is C13H13BrN2O. The summed E-state index contributed by atoms with van der Waals surface area (Å²) < 4.78 is 6.81. The molecule has 0 radical (unpaired) electrons. The lowest BCUT2D eigenvalue weighted by atomic mass is 9.98. The summed E-state index contributed by atoms with van der Waals surface area (Å²) in [7, 11) is 0. The van der Waals surface area contributed by atoms with E-state index in [1.54, 1.807) is 0 Å². The maximum absolute atomic E-state index is 5.77. The van der Waals surface area contributed by atoms with Crippen molar-refractivity contribution in [2.75, 3.05) is 13.1 Å². The Morgan fingerprint density at radius 3 is 3.00 bits per heavy atom. The Kier molecular flexibility index (Phi) is 2.99. The van der Waals surface area contributed by atoms with Crippen molar-refractivity contribution >= 4 is 15.9 Å². The van der Waals surface area contributed by atoms with Gasteiger partial charge in [-0.05, 0) is 37.2 Å². The third-order valence-electron chi connectivity index (χ3n) is 2.98. The van der Waals surface area contributed by atoms with E-state index in [2.05, 4.69) is 26.2 Å². The highest BCUT2D eigenvalue weighted by Gasteiger charge is 2.19. The number of hydrogen-bond donors (Lipinski definition) is 1. The number of hydrogen-bond acceptors (Lipinski definition) is 3. The van der Waals surface area contributed by atoms with Crippen LogP contribution in [0.25, 0.3) is 11.5 Å². The normalized spacial score (nSPS) is 15.8. The number of rotatable bonds is 3. The molecule has 0 saturated carbocycles. The van der Waals surface area contributed by atoms with Crippen LogP contribution in [0.2, 0.25) is 0 Å². The van der Waals surface area contributed by atoms with Crippen LogP contribution in [0.5, 0.6) is 0 Å². The van der Waals surface area contributed by atoms with E-state index < -0.39 is 0 Å². The van der Waals surface area contributed by atoms with E-state index in [9.17, 15) is 0 Å². The topological polar surface area (TPSA) is 38.1 Å². The SMILES string of the molecule is Brc1cccc(-c2ncc(CC3CNC3)o2)c1. The second kappa shape index (κ2) is 4.63. The van der Waals surface area contributed by atoms with Gasteiger partial charge in [-0.3, -0.25) is 0 Å². The molecule has 2 heterocycles. The summed E-state index contributed by atoms with van der Waals surface area (Å²) in [5, 5.41) is 3.26. The summed E-state index contributed by atoms with van der Waals surface area (Å²) in [5.41, 5.74) is 1.01. The number of benzene rings is 1. The molecular weight excluding hydrogens is 280 g/mol. The lowest BCUT2D eigenvalue weighted by Crippen LogP contribution is -2.42. The number of nitrogens with zero attached hydrogens (tertiary/aromatic N) is 1. The fourth-order valence-corrected chi connectivity index (χ4v) is 2.33. The predicted molar refractivity (Wildman–Crippen MR) is 69.7 cm³/mol. The molecule has 1 saturated heterocycles. The minimum Gasteiger partial charge on any atom is -0.441 e. The highest BCUT2D eigenvalue weighted by Crippen LogP contribution is 2.24. The van der Waals surface area contributed by atoms with Gasteiger partial charge in [0.2, 0.25) is 5.89 Å². The molecule has 4 heteroatoms. The van der Waals surface area contributed by atoms with Crippen LogP contribution in [0.4, 0.5) is 0 Å². The van der Waals surface area contributed by atoms with E-state index >= 15 is 0 Å². The predicted octanol–water partition coefficient (Wildman–Crippen LogP) is 2.87. The maximum atomic E-state index is 5.77. The monoisotopic (exact) mass is 292 g/mol. The molecule has 1 aliphatic rings. The smallest absolute Gasteiger partial charge is 0.226 e. The lowest BCUT2D eigenvalue weighted by Gasteiger charge is -2.25. The van der Waals surface area contributed by atoms with Crippen LogP contribution in [-0.4, -0.2) is 18.1 Å². The third-order valence-corrected chi connectivity index (χ3v) is 3.47. The zero-order valence-corrected chi connectivity index (χ0v) is 10.9. The Morgan fingerprint density at radius 1 is 1.41 bits per heavy atom. The van der Waals surface area contributed by atoms with Crippen molar-refractivity contribution in [1.82, 2.24) is 10.3 Å². The van der Waals surface area contributed by atoms with E-state index in [1.807, 2.05) is 30.5 Å². The fourth-order valence-electron chi connectivity index (χ4n) is 1.93. The average Bonchev–Trinajstić information content (AvgIpc) is 2.72. The number of nitrogens with one attached hydrogen (secondary N) is 1. The summed E-state index contributed by atoms with van der Waals surface area (Å²) in [6.07, 6.45) is 2.82. The second-order valence-corrected chi connectivity index (χ2v) is 5.29. The average molecular weight is 293 g/mol. The van der Waals surface area contributed by atoms with Crippen LogP contribution in [0.3, 0.4) is 0 Å². The molecule has 0 amide bonds. The first-order valence-corrected chi connectivity index (χ1v) is 6.52. The molecule has 0 spiro atoms. The minimum absolute atomic E-state index is 0.702. The van der Waals surface area contributed by atoms with Crippen molar-refractivity contribution in [1.29, 1.82) is 0 Å². The molecule has 88 valence electrons. The van der Waals surface area contributed by atoms with Crippen LogP contribution < -0.4 is 5.32 Å². The van der Waals surface area contributed by atoms with Crippen LogP contribution in [0.1, 0.15) is 5.76 Å². The molecule has 1 fully saturated rings. The van der Waals surface area contributed by atoms with Crippen LogP contribution in [-0.2, 0) is 6.42 Å². The van der Waals surface area contributed by atoms with Crippen molar-refractivity contribution in [3.05, 3.63) is 40.7 Å². The van der Waals surface area contributed by atoms with Gasteiger partial charge in [0.25, 0.3) is 0 Å². The van der Waals surface area contributed by atoms with E-state index in [1.165, 1.54) is 0 Å². The molecule has 0 atom stereocenters.